The lowest BCUT2D eigenvalue weighted by atomic mass is 10.1. The van der Waals surface area contributed by atoms with Gasteiger partial charge in [0.05, 0.1) is 0 Å². The van der Waals surface area contributed by atoms with Crippen molar-refractivity contribution in [3.8, 4) is 11.5 Å². The Balaban J connectivity index is 1.70. The van der Waals surface area contributed by atoms with Gasteiger partial charge in [-0.15, -0.1) is 0 Å². The second kappa shape index (κ2) is 4.35. The molecular formula is C12H10O8S. The van der Waals surface area contributed by atoms with E-state index in [2.05, 4.69) is 11.3 Å². The van der Waals surface area contributed by atoms with E-state index in [0.29, 0.717) is 0 Å². The van der Waals surface area contributed by atoms with Crippen molar-refractivity contribution >= 4 is 22.1 Å². The van der Waals surface area contributed by atoms with Crippen LogP contribution in [0.4, 0.5) is 0 Å². The number of carbonyl (C=O) groups is 2. The minimum absolute atomic E-state index is 0.0648. The molecule has 0 aliphatic carbocycles. The van der Waals surface area contributed by atoms with Crippen LogP contribution in [0.3, 0.4) is 0 Å². The van der Waals surface area contributed by atoms with E-state index >= 15 is 0 Å². The molecule has 1 aromatic heterocycles. The van der Waals surface area contributed by atoms with Gasteiger partial charge in [-0.3, -0.25) is 0 Å². The molecule has 0 fully saturated rings. The first kappa shape index (κ1) is 13.7. The standard InChI is InChI=1S/C12H10O8S/c1-5(2)12(14)17-4-8(13)19-9-6-3-7-10(18-6)11(9)20-21(7,15)16/h7H,1,3-4H2,2H3. The van der Waals surface area contributed by atoms with E-state index in [4.69, 9.17) is 13.3 Å². The SMILES string of the molecule is C=C(C)C(=O)OCC(=O)Oc1c2oc3c1OS(=O)(=O)C3C2. The lowest BCUT2D eigenvalue weighted by Gasteiger charge is -2.06. The average molecular weight is 314 g/mol. The van der Waals surface area contributed by atoms with Crippen LogP contribution < -0.4 is 8.92 Å². The van der Waals surface area contributed by atoms with E-state index in [9.17, 15) is 18.0 Å². The number of furan rings is 1. The number of ether oxygens (including phenoxy) is 2. The molecule has 8 nitrogen and oxygen atoms in total. The highest BCUT2D eigenvalue weighted by atomic mass is 32.2. The van der Waals surface area contributed by atoms with Crippen LogP contribution in [-0.2, 0) is 30.9 Å². The summed E-state index contributed by atoms with van der Waals surface area (Å²) in [6, 6.07) is 0. The number of carbonyl (C=O) groups excluding carboxylic acids is 2. The number of fused-ring (bicyclic) bond motifs is 1. The van der Waals surface area contributed by atoms with Crippen LogP contribution in [0.2, 0.25) is 0 Å². The summed E-state index contributed by atoms with van der Waals surface area (Å²) >= 11 is 0. The highest BCUT2D eigenvalue weighted by molar-refractivity contribution is 7.87. The molecule has 0 saturated carbocycles. The number of hydrogen-bond donors (Lipinski definition) is 0. The molecule has 0 aromatic carbocycles. The summed E-state index contributed by atoms with van der Waals surface area (Å²) in [7, 11) is -3.77. The smallest absolute Gasteiger partial charge is 0.349 e. The molecule has 1 atom stereocenters. The molecule has 0 amide bonds. The van der Waals surface area contributed by atoms with Crippen LogP contribution in [-0.4, -0.2) is 27.0 Å². The van der Waals surface area contributed by atoms with Crippen molar-refractivity contribution in [2.75, 3.05) is 6.61 Å². The molecule has 1 aromatic rings. The second-order valence-electron chi connectivity index (χ2n) is 4.65. The van der Waals surface area contributed by atoms with E-state index in [1.807, 2.05) is 0 Å². The maximum atomic E-state index is 11.6. The first-order chi connectivity index (χ1) is 9.79. The first-order valence-corrected chi connectivity index (χ1v) is 7.39. The largest absolute Gasteiger partial charge is 0.456 e. The van der Waals surface area contributed by atoms with Gasteiger partial charge in [0.1, 0.15) is 0 Å². The van der Waals surface area contributed by atoms with E-state index in [0.717, 1.165) is 0 Å². The third-order valence-corrected chi connectivity index (χ3v) is 4.49. The zero-order chi connectivity index (χ0) is 15.4. The van der Waals surface area contributed by atoms with Gasteiger partial charge in [0.2, 0.25) is 11.5 Å². The predicted molar refractivity (Wildman–Crippen MR) is 66.1 cm³/mol. The quantitative estimate of drug-likeness (QED) is 0.452. The molecular weight excluding hydrogens is 304 g/mol. The maximum absolute atomic E-state index is 11.6. The van der Waals surface area contributed by atoms with Crippen LogP contribution >= 0.6 is 0 Å². The monoisotopic (exact) mass is 314 g/mol. The Morgan fingerprint density at radius 3 is 2.81 bits per heavy atom. The topological polar surface area (TPSA) is 109 Å². The molecule has 112 valence electrons. The summed E-state index contributed by atoms with van der Waals surface area (Å²) in [5, 5.41) is -0.855. The Labute approximate surface area is 119 Å². The van der Waals surface area contributed by atoms with Crippen LogP contribution in [0.25, 0.3) is 0 Å². The van der Waals surface area contributed by atoms with Crippen molar-refractivity contribution in [3.05, 3.63) is 23.7 Å². The number of hydrogen-bond acceptors (Lipinski definition) is 8. The lowest BCUT2D eigenvalue weighted by Crippen LogP contribution is -2.19. The molecule has 2 bridgehead atoms. The summed E-state index contributed by atoms with van der Waals surface area (Å²) in [5.41, 5.74) is 0.145. The first-order valence-electron chi connectivity index (χ1n) is 5.91. The summed E-state index contributed by atoms with van der Waals surface area (Å²) in [5.74, 6) is -1.40. The Bertz CT molecular complexity index is 769. The molecule has 21 heavy (non-hydrogen) atoms. The van der Waals surface area contributed by atoms with Gasteiger partial charge in [0.25, 0.3) is 0 Å². The van der Waals surface area contributed by atoms with Gasteiger partial charge in [0.15, 0.2) is 23.4 Å². The highest BCUT2D eigenvalue weighted by Gasteiger charge is 2.52. The molecule has 9 heteroatoms. The van der Waals surface area contributed by atoms with Crippen molar-refractivity contribution in [1.82, 2.24) is 0 Å². The van der Waals surface area contributed by atoms with E-state index < -0.39 is 33.9 Å². The Morgan fingerprint density at radius 2 is 2.14 bits per heavy atom. The third kappa shape index (κ3) is 2.09. The number of esters is 2. The zero-order valence-electron chi connectivity index (χ0n) is 10.9. The summed E-state index contributed by atoms with van der Waals surface area (Å²) < 4.78 is 42.8. The van der Waals surface area contributed by atoms with Crippen LogP contribution in [0.5, 0.6) is 11.5 Å². The van der Waals surface area contributed by atoms with Crippen LogP contribution in [0.1, 0.15) is 23.7 Å². The summed E-state index contributed by atoms with van der Waals surface area (Å²) in [4.78, 5) is 22.7. The molecule has 0 spiro atoms. The molecule has 2 aliphatic rings. The Hall–Kier alpha value is -2.29. The Kier molecular flexibility index (Phi) is 2.84. The van der Waals surface area contributed by atoms with Crippen molar-refractivity contribution in [3.63, 3.8) is 0 Å². The predicted octanol–water partition coefficient (Wildman–Crippen LogP) is 0.624. The maximum Gasteiger partial charge on any atom is 0.349 e. The number of rotatable bonds is 4. The summed E-state index contributed by atoms with van der Waals surface area (Å²) in [6.07, 6.45) is 0.0648. The van der Waals surface area contributed by atoms with Gasteiger partial charge in [-0.2, -0.15) is 8.42 Å². The third-order valence-electron chi connectivity index (χ3n) is 3.01. The highest BCUT2D eigenvalue weighted by Crippen LogP contribution is 2.56. The van der Waals surface area contributed by atoms with Crippen molar-refractivity contribution < 1.29 is 36.1 Å². The fourth-order valence-electron chi connectivity index (χ4n) is 2.05. The molecule has 3 heterocycles. The summed E-state index contributed by atoms with van der Waals surface area (Å²) in [6.45, 7) is 4.18. The minimum Gasteiger partial charge on any atom is -0.456 e. The fraction of sp³-hybridized carbons (Fsp3) is 0.333. The van der Waals surface area contributed by atoms with Gasteiger partial charge in [-0.25, -0.2) is 9.59 Å². The minimum atomic E-state index is -3.77. The van der Waals surface area contributed by atoms with Crippen molar-refractivity contribution in [2.45, 2.75) is 18.6 Å². The van der Waals surface area contributed by atoms with Gasteiger partial charge < -0.3 is 18.1 Å². The molecule has 0 radical (unpaired) electrons. The van der Waals surface area contributed by atoms with E-state index in [1.165, 1.54) is 6.92 Å². The zero-order valence-corrected chi connectivity index (χ0v) is 11.7. The van der Waals surface area contributed by atoms with E-state index in [-0.39, 0.29) is 35.0 Å². The second-order valence-corrected chi connectivity index (χ2v) is 6.37. The molecule has 0 N–H and O–H groups in total. The van der Waals surface area contributed by atoms with Crippen LogP contribution in [0, 0.1) is 0 Å². The van der Waals surface area contributed by atoms with Crippen LogP contribution in [0.15, 0.2) is 16.6 Å². The van der Waals surface area contributed by atoms with E-state index in [1.54, 1.807) is 0 Å². The Morgan fingerprint density at radius 1 is 1.43 bits per heavy atom. The van der Waals surface area contributed by atoms with Gasteiger partial charge in [-0.05, 0) is 6.92 Å². The van der Waals surface area contributed by atoms with Gasteiger partial charge in [-0.1, -0.05) is 6.58 Å². The average Bonchev–Trinajstić information content (AvgIpc) is 2.99. The van der Waals surface area contributed by atoms with Crippen molar-refractivity contribution in [2.24, 2.45) is 0 Å². The molecule has 2 aliphatic heterocycles. The normalized spacial score (nSPS) is 20.0. The fourth-order valence-corrected chi connectivity index (χ4v) is 3.33. The lowest BCUT2D eigenvalue weighted by molar-refractivity contribution is -0.150. The van der Waals surface area contributed by atoms with Gasteiger partial charge in [0, 0.05) is 12.0 Å². The molecule has 3 rings (SSSR count). The van der Waals surface area contributed by atoms with Crippen molar-refractivity contribution in [1.29, 1.82) is 0 Å². The molecule has 1 unspecified atom stereocenters. The van der Waals surface area contributed by atoms with Gasteiger partial charge >= 0.3 is 22.1 Å². The molecule has 0 saturated heterocycles.